The Morgan fingerprint density at radius 2 is 2.12 bits per heavy atom. The van der Waals surface area contributed by atoms with E-state index in [1.807, 2.05) is 0 Å². The molecule has 0 fully saturated rings. The Balaban J connectivity index is 1.69. The topological polar surface area (TPSA) is 111 Å². The molecule has 4 heterocycles. The predicted molar refractivity (Wildman–Crippen MR) is 119 cm³/mol. The van der Waals surface area contributed by atoms with Gasteiger partial charge in [0.05, 0.1) is 35.1 Å². The Kier molecular flexibility index (Phi) is 4.29. The highest BCUT2D eigenvalue weighted by Gasteiger charge is 2.45. The molecule has 6 rings (SSSR count). The lowest BCUT2D eigenvalue weighted by Crippen LogP contribution is -2.44. The average molecular weight is 463 g/mol. The molecule has 3 aliphatic rings. The highest BCUT2D eigenvalue weighted by atomic mass is 19.1. The molecule has 8 nitrogen and oxygen atoms in total. The number of ether oxygens (including phenoxy) is 1. The highest BCUT2D eigenvalue weighted by Crippen LogP contribution is 2.45. The molecule has 2 atom stereocenters. The summed E-state index contributed by atoms with van der Waals surface area (Å²) in [5.74, 6) is -1.14. The van der Waals surface area contributed by atoms with Gasteiger partial charge in [0.1, 0.15) is 12.4 Å². The molecule has 0 spiro atoms. The first-order chi connectivity index (χ1) is 16.3. The largest absolute Gasteiger partial charge is 0.458 e. The van der Waals surface area contributed by atoms with Gasteiger partial charge in [-0.2, -0.15) is 0 Å². The maximum atomic E-state index is 14.8. The molecule has 0 saturated heterocycles. The lowest BCUT2D eigenvalue weighted by Gasteiger charge is -2.31. The third-order valence-corrected chi connectivity index (χ3v) is 7.65. The number of hydrogen-bond donors (Lipinski definition) is 2. The third-order valence-electron chi connectivity index (χ3n) is 7.65. The van der Waals surface area contributed by atoms with E-state index in [4.69, 9.17) is 9.72 Å². The summed E-state index contributed by atoms with van der Waals surface area (Å²) in [6.45, 7) is 3.40. The Morgan fingerprint density at radius 3 is 2.85 bits per heavy atom. The molecule has 0 unspecified atom stereocenters. The normalized spacial score (nSPS) is 22.1. The fourth-order valence-corrected chi connectivity index (χ4v) is 5.80. The van der Waals surface area contributed by atoms with Gasteiger partial charge in [0.2, 0.25) is 6.41 Å². The predicted octanol–water partition coefficient (Wildman–Crippen LogP) is 2.26. The van der Waals surface area contributed by atoms with Crippen molar-refractivity contribution in [3.8, 4) is 11.4 Å². The number of aliphatic hydroxyl groups is 1. The van der Waals surface area contributed by atoms with E-state index in [1.54, 1.807) is 24.5 Å². The van der Waals surface area contributed by atoms with E-state index in [2.05, 4.69) is 5.32 Å². The van der Waals surface area contributed by atoms with Crippen LogP contribution in [-0.4, -0.2) is 27.0 Å². The summed E-state index contributed by atoms with van der Waals surface area (Å²) in [7, 11) is 0. The molecule has 1 aromatic carbocycles. The van der Waals surface area contributed by atoms with Gasteiger partial charge in [-0.05, 0) is 48.9 Å². The minimum Gasteiger partial charge on any atom is -0.458 e. The number of esters is 1. The van der Waals surface area contributed by atoms with Crippen LogP contribution in [0.3, 0.4) is 0 Å². The zero-order valence-corrected chi connectivity index (χ0v) is 18.7. The lowest BCUT2D eigenvalue weighted by atomic mass is 9.81. The first-order valence-electron chi connectivity index (χ1n) is 11.3. The molecule has 1 aliphatic carbocycles. The number of cyclic esters (lactones) is 1. The van der Waals surface area contributed by atoms with Gasteiger partial charge < -0.3 is 19.7 Å². The number of rotatable bonds is 3. The van der Waals surface area contributed by atoms with Gasteiger partial charge >= 0.3 is 5.97 Å². The zero-order chi connectivity index (χ0) is 23.9. The summed E-state index contributed by atoms with van der Waals surface area (Å²) < 4.78 is 21.5. The van der Waals surface area contributed by atoms with Crippen LogP contribution in [0.1, 0.15) is 59.2 Å². The quantitative estimate of drug-likeness (QED) is 0.356. The molecule has 0 saturated carbocycles. The SMILES string of the molecule is CC[C@@]1(O)C(=O)OCc2c1cc1n(c2=O)Cc2c-1nc1cc(F)c(C)c3c1c2[C@@H](NC=O)CC3. The number of aromatic nitrogens is 2. The van der Waals surface area contributed by atoms with Crippen molar-refractivity contribution in [2.45, 2.75) is 57.9 Å². The van der Waals surface area contributed by atoms with Gasteiger partial charge in [-0.15, -0.1) is 0 Å². The minimum atomic E-state index is -1.92. The summed E-state index contributed by atoms with van der Waals surface area (Å²) in [5, 5.41) is 14.8. The average Bonchev–Trinajstić information content (AvgIpc) is 3.19. The van der Waals surface area contributed by atoms with Crippen LogP contribution in [0, 0.1) is 12.7 Å². The van der Waals surface area contributed by atoms with Crippen LogP contribution >= 0.6 is 0 Å². The number of hydrogen-bond acceptors (Lipinski definition) is 6. The molecular weight excluding hydrogens is 441 g/mol. The van der Waals surface area contributed by atoms with Gasteiger partial charge in [0.25, 0.3) is 5.56 Å². The van der Waals surface area contributed by atoms with E-state index < -0.39 is 11.6 Å². The van der Waals surface area contributed by atoms with Crippen molar-refractivity contribution in [3.63, 3.8) is 0 Å². The zero-order valence-electron chi connectivity index (χ0n) is 18.7. The number of halogens is 1. The minimum absolute atomic E-state index is 0.0458. The first-order valence-corrected chi connectivity index (χ1v) is 11.3. The summed E-state index contributed by atoms with van der Waals surface area (Å²) >= 11 is 0. The number of benzene rings is 1. The van der Waals surface area contributed by atoms with Crippen molar-refractivity contribution in [2.24, 2.45) is 0 Å². The Labute approximate surface area is 193 Å². The molecular formula is C25H22FN3O5. The van der Waals surface area contributed by atoms with Crippen molar-refractivity contribution in [1.82, 2.24) is 14.9 Å². The second-order valence-corrected chi connectivity index (χ2v) is 9.19. The van der Waals surface area contributed by atoms with E-state index in [-0.39, 0.29) is 48.1 Å². The second kappa shape index (κ2) is 6.96. The Hall–Kier alpha value is -3.59. The van der Waals surface area contributed by atoms with Crippen LogP contribution < -0.4 is 10.9 Å². The third kappa shape index (κ3) is 2.50. The number of amides is 1. The van der Waals surface area contributed by atoms with Crippen LogP contribution in [-0.2, 0) is 39.5 Å². The fourth-order valence-electron chi connectivity index (χ4n) is 5.80. The van der Waals surface area contributed by atoms with Crippen LogP contribution in [0.2, 0.25) is 0 Å². The van der Waals surface area contributed by atoms with Crippen molar-refractivity contribution in [3.05, 3.63) is 61.7 Å². The molecule has 9 heteroatoms. The summed E-state index contributed by atoms with van der Waals surface area (Å²) in [4.78, 5) is 42.0. The molecule has 3 aromatic rings. The molecule has 2 N–H and O–H groups in total. The van der Waals surface area contributed by atoms with Gasteiger partial charge in [-0.25, -0.2) is 14.2 Å². The molecule has 174 valence electrons. The van der Waals surface area contributed by atoms with Crippen LogP contribution in [0.15, 0.2) is 16.9 Å². The summed E-state index contributed by atoms with van der Waals surface area (Å²) in [6, 6.07) is 2.72. The smallest absolute Gasteiger partial charge is 0.343 e. The molecule has 0 bridgehead atoms. The molecule has 0 radical (unpaired) electrons. The number of aryl methyl sites for hydroxylation is 1. The number of pyridine rings is 2. The lowest BCUT2D eigenvalue weighted by molar-refractivity contribution is -0.172. The van der Waals surface area contributed by atoms with Crippen molar-refractivity contribution in [2.75, 3.05) is 0 Å². The van der Waals surface area contributed by atoms with Crippen molar-refractivity contribution in [1.29, 1.82) is 0 Å². The molecule has 2 aromatic heterocycles. The first kappa shape index (κ1) is 21.0. The summed E-state index contributed by atoms with van der Waals surface area (Å²) in [6.07, 6.45) is 1.90. The van der Waals surface area contributed by atoms with Crippen LogP contribution in [0.5, 0.6) is 0 Å². The van der Waals surface area contributed by atoms with Crippen molar-refractivity contribution < 1.29 is 23.8 Å². The highest BCUT2D eigenvalue weighted by molar-refractivity contribution is 5.93. The maximum Gasteiger partial charge on any atom is 0.343 e. The van der Waals surface area contributed by atoms with E-state index in [1.165, 1.54) is 6.07 Å². The fraction of sp³-hybridized carbons (Fsp3) is 0.360. The van der Waals surface area contributed by atoms with Gasteiger partial charge in [0, 0.05) is 22.6 Å². The second-order valence-electron chi connectivity index (χ2n) is 9.19. The van der Waals surface area contributed by atoms with Gasteiger partial charge in [0.15, 0.2) is 5.60 Å². The summed E-state index contributed by atoms with van der Waals surface area (Å²) in [5.41, 5.74) is 2.64. The van der Waals surface area contributed by atoms with Crippen molar-refractivity contribution >= 4 is 23.3 Å². The van der Waals surface area contributed by atoms with Crippen LogP contribution in [0.25, 0.3) is 22.3 Å². The Bertz CT molecular complexity index is 1510. The molecule has 2 aliphatic heterocycles. The number of carbonyl (C=O) groups excluding carboxylic acids is 2. The van der Waals surface area contributed by atoms with Gasteiger partial charge in [-0.3, -0.25) is 9.59 Å². The molecule has 1 amide bonds. The number of nitrogens with zero attached hydrogens (tertiary/aromatic N) is 2. The van der Waals surface area contributed by atoms with E-state index in [0.717, 1.165) is 22.1 Å². The van der Waals surface area contributed by atoms with E-state index in [0.29, 0.717) is 41.7 Å². The van der Waals surface area contributed by atoms with Crippen LogP contribution in [0.4, 0.5) is 4.39 Å². The Morgan fingerprint density at radius 1 is 1.32 bits per heavy atom. The van der Waals surface area contributed by atoms with E-state index in [9.17, 15) is 23.9 Å². The standard InChI is InChI=1S/C25H22FN3O5/c1-3-25(33)15-6-19-22-13(8-29(19)23(31)14(15)9-34-24(25)32)21-17(27-10-30)5-4-12-11(2)16(26)7-18(28-22)20(12)21/h6-7,10,17,33H,3-5,8-9H2,1-2H3,(H,27,30)/t17-,25-/m0/s1. The molecule has 34 heavy (non-hydrogen) atoms. The van der Waals surface area contributed by atoms with Gasteiger partial charge in [-0.1, -0.05) is 6.92 Å². The van der Waals surface area contributed by atoms with E-state index >= 15 is 0 Å². The maximum absolute atomic E-state index is 14.8. The number of carbonyl (C=O) groups is 2. The monoisotopic (exact) mass is 463 g/mol. The number of fused-ring (bicyclic) bond motifs is 5. The number of nitrogens with one attached hydrogen (secondary N) is 1.